The Balaban J connectivity index is 2.27. The molecule has 1 aromatic heterocycles. The molecule has 0 bridgehead atoms. The first kappa shape index (κ1) is 19.6. The van der Waals surface area contributed by atoms with E-state index < -0.39 is 5.60 Å². The average molecular weight is 323 g/mol. The predicted octanol–water partition coefficient (Wildman–Crippen LogP) is 3.49. The lowest BCUT2D eigenvalue weighted by atomic mass is 10.1. The van der Waals surface area contributed by atoms with E-state index in [0.717, 1.165) is 26.1 Å². The van der Waals surface area contributed by atoms with Crippen LogP contribution in [0.15, 0.2) is 18.5 Å². The van der Waals surface area contributed by atoms with E-state index in [1.807, 2.05) is 20.8 Å². The van der Waals surface area contributed by atoms with Gasteiger partial charge >= 0.3 is 6.09 Å². The van der Waals surface area contributed by atoms with Gasteiger partial charge < -0.3 is 19.5 Å². The normalized spacial score (nSPS) is 13.0. The minimum Gasteiger partial charge on any atom is -0.444 e. The number of ether oxygens (including phenoxy) is 1. The number of hydrogen-bond acceptors (Lipinski definition) is 3. The molecule has 132 valence electrons. The van der Waals surface area contributed by atoms with Gasteiger partial charge in [-0.25, -0.2) is 4.79 Å². The zero-order valence-electron chi connectivity index (χ0n) is 15.6. The molecular formula is C18H33N3O2. The van der Waals surface area contributed by atoms with Gasteiger partial charge in [0.2, 0.25) is 0 Å². The average Bonchev–Trinajstić information content (AvgIpc) is 2.84. The first-order valence-corrected chi connectivity index (χ1v) is 8.50. The summed E-state index contributed by atoms with van der Waals surface area (Å²) >= 11 is 0. The summed E-state index contributed by atoms with van der Waals surface area (Å²) < 4.78 is 7.58. The van der Waals surface area contributed by atoms with E-state index in [1.54, 1.807) is 11.9 Å². The van der Waals surface area contributed by atoms with Gasteiger partial charge in [0.05, 0.1) is 0 Å². The molecule has 1 unspecified atom stereocenters. The van der Waals surface area contributed by atoms with Crippen molar-refractivity contribution < 1.29 is 9.53 Å². The molecule has 5 heteroatoms. The van der Waals surface area contributed by atoms with E-state index in [9.17, 15) is 4.79 Å². The largest absolute Gasteiger partial charge is 0.444 e. The molecule has 0 saturated heterocycles. The summed E-state index contributed by atoms with van der Waals surface area (Å²) in [7, 11) is 1.79. The van der Waals surface area contributed by atoms with Crippen LogP contribution in [0.5, 0.6) is 0 Å². The van der Waals surface area contributed by atoms with Crippen LogP contribution in [0.1, 0.15) is 46.6 Å². The van der Waals surface area contributed by atoms with E-state index >= 15 is 0 Å². The number of aromatic nitrogens is 1. The molecule has 0 aliphatic heterocycles. The Morgan fingerprint density at radius 3 is 2.74 bits per heavy atom. The molecular weight excluding hydrogens is 290 g/mol. The lowest BCUT2D eigenvalue weighted by Crippen LogP contribution is -2.38. The number of aryl methyl sites for hydroxylation is 1. The van der Waals surface area contributed by atoms with E-state index in [-0.39, 0.29) is 6.09 Å². The Bertz CT molecular complexity index is 477. The molecule has 0 aliphatic carbocycles. The lowest BCUT2D eigenvalue weighted by molar-refractivity contribution is 0.0277. The molecule has 1 rings (SSSR count). The fourth-order valence-electron chi connectivity index (χ4n) is 2.40. The maximum absolute atomic E-state index is 11.9. The molecule has 1 aromatic rings. The predicted molar refractivity (Wildman–Crippen MR) is 94.5 cm³/mol. The summed E-state index contributed by atoms with van der Waals surface area (Å²) in [6.07, 6.45) is 5.20. The highest BCUT2D eigenvalue weighted by Crippen LogP contribution is 2.10. The number of hydrogen-bond donors (Lipinski definition) is 1. The maximum Gasteiger partial charge on any atom is 0.410 e. The van der Waals surface area contributed by atoms with Gasteiger partial charge in [-0.05, 0) is 51.3 Å². The van der Waals surface area contributed by atoms with E-state index in [0.29, 0.717) is 12.5 Å². The smallest absolute Gasteiger partial charge is 0.410 e. The van der Waals surface area contributed by atoms with Crippen LogP contribution in [-0.2, 0) is 17.8 Å². The number of amides is 1. The molecule has 23 heavy (non-hydrogen) atoms. The van der Waals surface area contributed by atoms with Crippen LogP contribution >= 0.6 is 0 Å². The minimum atomic E-state index is -0.446. The molecule has 5 nitrogen and oxygen atoms in total. The molecule has 0 aliphatic rings. The van der Waals surface area contributed by atoms with Crippen LogP contribution in [-0.4, -0.2) is 41.3 Å². The lowest BCUT2D eigenvalue weighted by Gasteiger charge is -2.26. The Labute approximate surface area is 141 Å². The Hall–Kier alpha value is -1.49. The fraction of sp³-hybridized carbons (Fsp3) is 0.722. The van der Waals surface area contributed by atoms with Crippen LogP contribution in [0.2, 0.25) is 0 Å². The first-order chi connectivity index (χ1) is 10.7. The SMILES string of the molecule is CCCn1ccc(CNCC(C)CN(C)C(=O)OC(C)(C)C)c1. The molecule has 0 saturated carbocycles. The quantitative estimate of drug-likeness (QED) is 0.796. The third-order valence-corrected chi connectivity index (χ3v) is 3.41. The highest BCUT2D eigenvalue weighted by atomic mass is 16.6. The molecule has 1 heterocycles. The summed E-state index contributed by atoms with van der Waals surface area (Å²) in [5, 5.41) is 3.46. The summed E-state index contributed by atoms with van der Waals surface area (Å²) in [6, 6.07) is 2.15. The second-order valence-electron chi connectivity index (χ2n) is 7.35. The first-order valence-electron chi connectivity index (χ1n) is 8.50. The van der Waals surface area contributed by atoms with Crippen LogP contribution in [0.25, 0.3) is 0 Å². The second-order valence-corrected chi connectivity index (χ2v) is 7.35. The van der Waals surface area contributed by atoms with Gasteiger partial charge in [0.25, 0.3) is 0 Å². The minimum absolute atomic E-state index is 0.263. The number of rotatable bonds is 8. The van der Waals surface area contributed by atoms with Gasteiger partial charge in [0.15, 0.2) is 0 Å². The molecule has 0 spiro atoms. The van der Waals surface area contributed by atoms with E-state index in [4.69, 9.17) is 4.74 Å². The van der Waals surface area contributed by atoms with Crippen LogP contribution in [0, 0.1) is 5.92 Å². The van der Waals surface area contributed by atoms with E-state index in [1.165, 1.54) is 5.56 Å². The number of nitrogens with zero attached hydrogens (tertiary/aromatic N) is 2. The van der Waals surface area contributed by atoms with Gasteiger partial charge in [0, 0.05) is 39.1 Å². The van der Waals surface area contributed by atoms with Crippen molar-refractivity contribution in [1.82, 2.24) is 14.8 Å². The standard InChI is InChI=1S/C18H33N3O2/c1-7-9-21-10-8-16(14-21)12-19-11-15(2)13-20(6)17(22)23-18(3,4)5/h8,10,14-15,19H,7,9,11-13H2,1-6H3. The summed E-state index contributed by atoms with van der Waals surface area (Å²) in [5.74, 6) is 0.366. The van der Waals surface area contributed by atoms with Crippen LogP contribution in [0.4, 0.5) is 4.79 Å². The van der Waals surface area contributed by atoms with Crippen molar-refractivity contribution in [3.63, 3.8) is 0 Å². The molecule has 1 N–H and O–H groups in total. The number of nitrogens with one attached hydrogen (secondary N) is 1. The molecule has 0 aromatic carbocycles. The number of carbonyl (C=O) groups is 1. The third kappa shape index (κ3) is 8.07. The van der Waals surface area contributed by atoms with Crippen molar-refractivity contribution in [3.05, 3.63) is 24.0 Å². The molecule has 1 atom stereocenters. The highest BCUT2D eigenvalue weighted by molar-refractivity contribution is 5.67. The van der Waals surface area contributed by atoms with Crippen molar-refractivity contribution in [2.24, 2.45) is 5.92 Å². The van der Waals surface area contributed by atoms with Crippen molar-refractivity contribution in [2.45, 2.75) is 59.7 Å². The van der Waals surface area contributed by atoms with Crippen LogP contribution < -0.4 is 5.32 Å². The van der Waals surface area contributed by atoms with Gasteiger partial charge in [-0.1, -0.05) is 13.8 Å². The number of carbonyl (C=O) groups excluding carboxylic acids is 1. The fourth-order valence-corrected chi connectivity index (χ4v) is 2.40. The zero-order chi connectivity index (χ0) is 17.5. The summed E-state index contributed by atoms with van der Waals surface area (Å²) in [6.45, 7) is 13.4. The van der Waals surface area contributed by atoms with Crippen molar-refractivity contribution in [1.29, 1.82) is 0 Å². The van der Waals surface area contributed by atoms with Crippen molar-refractivity contribution in [3.8, 4) is 0 Å². The Morgan fingerprint density at radius 1 is 1.43 bits per heavy atom. The Kier molecular flexibility index (Phi) is 7.62. The van der Waals surface area contributed by atoms with Gasteiger partial charge in [-0.15, -0.1) is 0 Å². The van der Waals surface area contributed by atoms with Gasteiger partial charge in [0.1, 0.15) is 5.60 Å². The van der Waals surface area contributed by atoms with Crippen molar-refractivity contribution >= 4 is 6.09 Å². The van der Waals surface area contributed by atoms with Crippen molar-refractivity contribution in [2.75, 3.05) is 20.1 Å². The third-order valence-electron chi connectivity index (χ3n) is 3.41. The topological polar surface area (TPSA) is 46.5 Å². The van der Waals surface area contributed by atoms with Crippen LogP contribution in [0.3, 0.4) is 0 Å². The highest BCUT2D eigenvalue weighted by Gasteiger charge is 2.20. The zero-order valence-corrected chi connectivity index (χ0v) is 15.6. The second kappa shape index (κ2) is 8.96. The Morgan fingerprint density at radius 2 is 2.13 bits per heavy atom. The summed E-state index contributed by atoms with van der Waals surface area (Å²) in [4.78, 5) is 13.6. The van der Waals surface area contributed by atoms with E-state index in [2.05, 4.69) is 42.2 Å². The molecule has 0 radical (unpaired) electrons. The van der Waals surface area contributed by atoms with Gasteiger partial charge in [-0.3, -0.25) is 0 Å². The van der Waals surface area contributed by atoms with Gasteiger partial charge in [-0.2, -0.15) is 0 Å². The molecule has 1 amide bonds. The molecule has 0 fully saturated rings. The summed E-state index contributed by atoms with van der Waals surface area (Å²) in [5.41, 5.74) is 0.851. The monoisotopic (exact) mass is 323 g/mol. The maximum atomic E-state index is 11.9.